The number of aromatic hydroxyl groups is 1. The highest BCUT2D eigenvalue weighted by molar-refractivity contribution is 6.31. The standard InChI is InChI=1S/C23H21ClF2N6O4/c1-4-32-9-12(7-27-32)18(14-5-16(25)17(26)6-15(14)24)11(2)21-30-19(20(33)23(35)31(21)3)22(34)29-13-8-28-36-10-13/h5-11,18,33H,4H2,1-3H3,(H,29,34)/t11-,18+/m0/s1. The van der Waals surface area contributed by atoms with E-state index < -0.39 is 46.4 Å². The van der Waals surface area contributed by atoms with Gasteiger partial charge >= 0.3 is 0 Å². The van der Waals surface area contributed by atoms with Gasteiger partial charge < -0.3 is 14.9 Å². The number of nitrogens with one attached hydrogen (secondary N) is 1. The minimum Gasteiger partial charge on any atom is -0.501 e. The summed E-state index contributed by atoms with van der Waals surface area (Å²) in [5.74, 6) is -5.32. The van der Waals surface area contributed by atoms with Gasteiger partial charge in [-0.2, -0.15) is 5.10 Å². The first-order chi connectivity index (χ1) is 17.1. The molecule has 3 heterocycles. The minimum atomic E-state index is -1.11. The SMILES string of the molecule is CCn1cc([C@H](c2cc(F)c(F)cc2Cl)[C@H](C)c2nc(C(=O)Nc3cnoc3)c(O)c(=O)n2C)cn1. The molecule has 0 aliphatic heterocycles. The zero-order chi connectivity index (χ0) is 26.1. The van der Waals surface area contributed by atoms with Crippen LogP contribution in [-0.2, 0) is 13.6 Å². The summed E-state index contributed by atoms with van der Waals surface area (Å²) in [6, 6.07) is 1.86. The van der Waals surface area contributed by atoms with Gasteiger partial charge in [0.25, 0.3) is 11.5 Å². The molecule has 0 saturated carbocycles. The molecule has 4 aromatic rings. The fraction of sp³-hybridized carbons (Fsp3) is 0.261. The third-order valence-corrected chi connectivity index (χ3v) is 6.15. The van der Waals surface area contributed by atoms with Crippen LogP contribution in [0.15, 0.2) is 46.3 Å². The van der Waals surface area contributed by atoms with Gasteiger partial charge in [0, 0.05) is 36.6 Å². The Bertz CT molecular complexity index is 1480. The van der Waals surface area contributed by atoms with Crippen LogP contribution in [0.4, 0.5) is 14.5 Å². The molecular weight excluding hydrogens is 498 g/mol. The second-order valence-electron chi connectivity index (χ2n) is 8.08. The summed E-state index contributed by atoms with van der Waals surface area (Å²) in [4.78, 5) is 29.9. The maximum absolute atomic E-state index is 14.3. The molecule has 3 aromatic heterocycles. The third kappa shape index (κ3) is 4.59. The van der Waals surface area contributed by atoms with E-state index in [1.165, 1.54) is 13.2 Å². The molecule has 0 aliphatic carbocycles. The number of anilines is 1. The van der Waals surface area contributed by atoms with Crippen LogP contribution < -0.4 is 10.9 Å². The summed E-state index contributed by atoms with van der Waals surface area (Å²) in [6.45, 7) is 4.12. The first-order valence-corrected chi connectivity index (χ1v) is 11.2. The first-order valence-electron chi connectivity index (χ1n) is 10.8. The fourth-order valence-electron chi connectivity index (χ4n) is 4.01. The molecular formula is C23H21ClF2N6O4. The van der Waals surface area contributed by atoms with Crippen molar-refractivity contribution >= 4 is 23.2 Å². The van der Waals surface area contributed by atoms with Crippen LogP contribution in [0.1, 0.15) is 53.1 Å². The van der Waals surface area contributed by atoms with Crippen LogP contribution in [0.2, 0.25) is 5.02 Å². The number of nitrogens with zero attached hydrogens (tertiary/aromatic N) is 5. The molecule has 0 aliphatic rings. The summed E-state index contributed by atoms with van der Waals surface area (Å²) in [5.41, 5.74) is -0.385. The lowest BCUT2D eigenvalue weighted by Crippen LogP contribution is -2.29. The normalized spacial score (nSPS) is 12.9. The Balaban J connectivity index is 1.87. The lowest BCUT2D eigenvalue weighted by atomic mass is 9.82. The van der Waals surface area contributed by atoms with Gasteiger partial charge in [-0.05, 0) is 30.2 Å². The largest absolute Gasteiger partial charge is 0.501 e. The fourth-order valence-corrected chi connectivity index (χ4v) is 4.27. The lowest BCUT2D eigenvalue weighted by molar-refractivity contribution is 0.101. The molecule has 4 rings (SSSR count). The third-order valence-electron chi connectivity index (χ3n) is 5.83. The Morgan fingerprint density at radius 2 is 2.00 bits per heavy atom. The molecule has 188 valence electrons. The van der Waals surface area contributed by atoms with Crippen LogP contribution in [0.25, 0.3) is 0 Å². The van der Waals surface area contributed by atoms with E-state index in [-0.39, 0.29) is 22.1 Å². The summed E-state index contributed by atoms with van der Waals surface area (Å²) < 4.78 is 35.5. The number of carbonyl (C=O) groups is 1. The van der Waals surface area contributed by atoms with Crippen LogP contribution in [-0.4, -0.2) is 35.5 Å². The Morgan fingerprint density at radius 3 is 2.64 bits per heavy atom. The van der Waals surface area contributed by atoms with E-state index in [9.17, 15) is 23.5 Å². The van der Waals surface area contributed by atoms with Crippen molar-refractivity contribution in [1.82, 2.24) is 24.5 Å². The highest BCUT2D eigenvalue weighted by atomic mass is 35.5. The Hall–Kier alpha value is -4.06. The molecule has 0 fully saturated rings. The molecule has 2 N–H and O–H groups in total. The Morgan fingerprint density at radius 1 is 1.28 bits per heavy atom. The van der Waals surface area contributed by atoms with Crippen molar-refractivity contribution in [2.24, 2.45) is 7.05 Å². The summed E-state index contributed by atoms with van der Waals surface area (Å²) >= 11 is 6.33. The maximum atomic E-state index is 14.3. The second-order valence-corrected chi connectivity index (χ2v) is 8.49. The Labute approximate surface area is 208 Å². The molecule has 1 amide bonds. The molecule has 0 spiro atoms. The summed E-state index contributed by atoms with van der Waals surface area (Å²) in [6.07, 6.45) is 5.66. The predicted molar refractivity (Wildman–Crippen MR) is 125 cm³/mol. The topological polar surface area (TPSA) is 128 Å². The average molecular weight is 519 g/mol. The van der Waals surface area contributed by atoms with Crippen molar-refractivity contribution in [3.05, 3.63) is 86.6 Å². The van der Waals surface area contributed by atoms with E-state index in [4.69, 9.17) is 11.6 Å². The molecule has 2 atom stereocenters. The van der Waals surface area contributed by atoms with E-state index in [2.05, 4.69) is 25.1 Å². The van der Waals surface area contributed by atoms with Crippen molar-refractivity contribution in [2.75, 3.05) is 5.32 Å². The molecule has 0 unspecified atom stereocenters. The highest BCUT2D eigenvalue weighted by Crippen LogP contribution is 2.41. The van der Waals surface area contributed by atoms with Gasteiger partial charge in [0.1, 0.15) is 17.8 Å². The number of halogens is 3. The van der Waals surface area contributed by atoms with Crippen LogP contribution >= 0.6 is 11.6 Å². The lowest BCUT2D eigenvalue weighted by Gasteiger charge is -2.26. The van der Waals surface area contributed by atoms with E-state index in [1.807, 2.05) is 6.92 Å². The zero-order valence-electron chi connectivity index (χ0n) is 19.4. The highest BCUT2D eigenvalue weighted by Gasteiger charge is 2.32. The monoisotopic (exact) mass is 518 g/mol. The zero-order valence-corrected chi connectivity index (χ0v) is 20.1. The van der Waals surface area contributed by atoms with E-state index >= 15 is 0 Å². The van der Waals surface area contributed by atoms with Crippen molar-refractivity contribution < 1.29 is 23.2 Å². The van der Waals surface area contributed by atoms with Crippen LogP contribution in [0.5, 0.6) is 5.75 Å². The average Bonchev–Trinajstić information content (AvgIpc) is 3.53. The smallest absolute Gasteiger partial charge is 0.296 e. The number of benzene rings is 1. The van der Waals surface area contributed by atoms with Gasteiger partial charge in [0.2, 0.25) is 5.75 Å². The van der Waals surface area contributed by atoms with Gasteiger partial charge in [0.05, 0.1) is 12.4 Å². The number of amides is 1. The van der Waals surface area contributed by atoms with E-state index in [0.29, 0.717) is 12.1 Å². The van der Waals surface area contributed by atoms with E-state index in [0.717, 1.165) is 23.0 Å². The Kier molecular flexibility index (Phi) is 6.88. The number of carbonyl (C=O) groups excluding carboxylic acids is 1. The molecule has 36 heavy (non-hydrogen) atoms. The molecule has 1 aromatic carbocycles. The predicted octanol–water partition coefficient (Wildman–Crippen LogP) is 3.81. The van der Waals surface area contributed by atoms with Gasteiger partial charge in [-0.3, -0.25) is 18.8 Å². The van der Waals surface area contributed by atoms with Gasteiger partial charge in [-0.1, -0.05) is 23.7 Å². The van der Waals surface area contributed by atoms with Crippen molar-refractivity contribution in [3.63, 3.8) is 0 Å². The number of rotatable bonds is 7. The van der Waals surface area contributed by atoms with E-state index in [1.54, 1.807) is 24.0 Å². The molecule has 0 saturated heterocycles. The van der Waals surface area contributed by atoms with Crippen molar-refractivity contribution in [1.29, 1.82) is 0 Å². The van der Waals surface area contributed by atoms with Crippen molar-refractivity contribution in [3.8, 4) is 5.75 Å². The van der Waals surface area contributed by atoms with Gasteiger partial charge in [-0.25, -0.2) is 13.8 Å². The number of hydrogen-bond donors (Lipinski definition) is 2. The van der Waals surface area contributed by atoms with Crippen molar-refractivity contribution in [2.45, 2.75) is 32.2 Å². The summed E-state index contributed by atoms with van der Waals surface area (Å²) in [7, 11) is 1.38. The molecule has 10 nitrogen and oxygen atoms in total. The van der Waals surface area contributed by atoms with Crippen LogP contribution in [0, 0.1) is 11.6 Å². The van der Waals surface area contributed by atoms with Gasteiger partial charge in [-0.15, -0.1) is 0 Å². The van der Waals surface area contributed by atoms with Crippen LogP contribution in [0.3, 0.4) is 0 Å². The van der Waals surface area contributed by atoms with Gasteiger partial charge in [0.15, 0.2) is 17.3 Å². The number of aromatic nitrogens is 5. The maximum Gasteiger partial charge on any atom is 0.296 e. The molecule has 0 radical (unpaired) electrons. The molecule has 13 heteroatoms. The summed E-state index contributed by atoms with van der Waals surface area (Å²) in [5, 5.41) is 20.5. The number of hydrogen-bond acceptors (Lipinski definition) is 7. The first kappa shape index (κ1) is 25.0. The molecule has 0 bridgehead atoms. The minimum absolute atomic E-state index is 0.0378. The quantitative estimate of drug-likeness (QED) is 0.356. The second kappa shape index (κ2) is 9.90. The number of aryl methyl sites for hydroxylation is 1.